The summed E-state index contributed by atoms with van der Waals surface area (Å²) in [5.74, 6) is 0. The van der Waals surface area contributed by atoms with Gasteiger partial charge in [0.2, 0.25) is 0 Å². The molecule has 0 radical (unpaired) electrons. The van der Waals surface area contributed by atoms with Crippen LogP contribution in [-0.4, -0.2) is 29.7 Å². The predicted molar refractivity (Wildman–Crippen MR) is 99.1 cm³/mol. The van der Waals surface area contributed by atoms with Gasteiger partial charge in [0, 0.05) is 0 Å². The minimum atomic E-state index is -1.53. The summed E-state index contributed by atoms with van der Waals surface area (Å²) in [6.45, 7) is 2.41. The number of hydrogen-bond acceptors (Lipinski definition) is 0. The Morgan fingerprint density at radius 1 is 0.545 bits per heavy atom. The Kier molecular flexibility index (Phi) is 7.78. The van der Waals surface area contributed by atoms with E-state index in [1.54, 1.807) is 0 Å². The Morgan fingerprint density at radius 2 is 0.773 bits per heavy atom. The van der Waals surface area contributed by atoms with Gasteiger partial charge in [0.15, 0.2) is 0 Å². The van der Waals surface area contributed by atoms with E-state index in [1.165, 1.54) is 15.9 Å². The number of halogens is 1. The molecule has 3 heteroatoms. The van der Waals surface area contributed by atoms with E-state index >= 15 is 0 Å². The van der Waals surface area contributed by atoms with Crippen LogP contribution in [0.25, 0.3) is 0 Å². The van der Waals surface area contributed by atoms with Gasteiger partial charge in [-0.1, -0.05) is 54.6 Å². The van der Waals surface area contributed by atoms with Gasteiger partial charge in [-0.15, -0.1) is 0 Å². The summed E-state index contributed by atoms with van der Waals surface area (Å²) in [7, 11) is -1.53. The summed E-state index contributed by atoms with van der Waals surface area (Å²) in [5.41, 5.74) is 0. The van der Waals surface area contributed by atoms with Crippen molar-refractivity contribution >= 4 is 46.2 Å². The average molecular weight is 384 g/mol. The van der Waals surface area contributed by atoms with Crippen LogP contribution in [0.5, 0.6) is 0 Å². The van der Waals surface area contributed by atoms with Crippen LogP contribution in [0.1, 0.15) is 2.85 Å². The zero-order valence-corrected chi connectivity index (χ0v) is 16.6. The third-order valence-electron chi connectivity index (χ3n) is 3.82. The first-order chi connectivity index (χ1) is 9.82. The van der Waals surface area contributed by atoms with E-state index < -0.39 is 7.26 Å². The molecule has 0 atom stereocenters. The van der Waals surface area contributed by atoms with Crippen molar-refractivity contribution in [2.24, 2.45) is 0 Å². The first-order valence-corrected chi connectivity index (χ1v) is 9.09. The van der Waals surface area contributed by atoms with Gasteiger partial charge in [-0.25, -0.2) is 0 Å². The fourth-order valence-corrected chi connectivity index (χ4v) is 5.83. The quantitative estimate of drug-likeness (QED) is 0.455. The molecule has 3 aromatic carbocycles. The minimum Gasteiger partial charge on any atom is -1.00 e. The molecule has 110 valence electrons. The first kappa shape index (κ1) is 19.4. The van der Waals surface area contributed by atoms with Crippen molar-refractivity contribution in [3.8, 4) is 0 Å². The van der Waals surface area contributed by atoms with E-state index in [-0.39, 0.29) is 42.9 Å². The zero-order chi connectivity index (χ0) is 13.8. The summed E-state index contributed by atoms with van der Waals surface area (Å²) in [5, 5.41) is 4.28. The molecule has 0 nitrogen and oxygen atoms in total. The Morgan fingerprint density at radius 3 is 1.00 bits per heavy atom. The van der Waals surface area contributed by atoms with E-state index in [2.05, 4.69) is 97.7 Å². The monoisotopic (exact) mass is 382 g/mol. The maximum absolute atomic E-state index is 2.41. The van der Waals surface area contributed by atoms with E-state index in [1.807, 2.05) is 0 Å². The van der Waals surface area contributed by atoms with Crippen molar-refractivity contribution < 1.29 is 19.8 Å². The molecular formula is C19H20BrMgP. The van der Waals surface area contributed by atoms with E-state index in [4.69, 9.17) is 0 Å². The number of rotatable bonds is 3. The van der Waals surface area contributed by atoms with Crippen LogP contribution < -0.4 is 32.9 Å². The van der Waals surface area contributed by atoms with Crippen molar-refractivity contribution in [2.75, 3.05) is 6.66 Å². The van der Waals surface area contributed by atoms with Crippen LogP contribution in [0.2, 0.25) is 0 Å². The smallest absolute Gasteiger partial charge is 1.00 e. The van der Waals surface area contributed by atoms with Crippen molar-refractivity contribution in [3.05, 3.63) is 91.0 Å². The van der Waals surface area contributed by atoms with Gasteiger partial charge in [-0.3, -0.25) is 0 Å². The Balaban J connectivity index is 0. The molecular weight excluding hydrogens is 363 g/mol. The molecule has 0 amide bonds. The van der Waals surface area contributed by atoms with Crippen LogP contribution in [-0.2, 0) is 0 Å². The topological polar surface area (TPSA) is 0 Å². The maximum Gasteiger partial charge on any atom is 2.00 e. The molecule has 0 saturated heterocycles. The summed E-state index contributed by atoms with van der Waals surface area (Å²) < 4.78 is 0. The van der Waals surface area contributed by atoms with E-state index in [0.717, 1.165) is 0 Å². The number of hydrogen-bond donors (Lipinski definition) is 0. The van der Waals surface area contributed by atoms with Crippen LogP contribution >= 0.6 is 7.26 Å². The fourth-order valence-electron chi connectivity index (χ4n) is 2.63. The molecule has 0 aliphatic rings. The van der Waals surface area contributed by atoms with Gasteiger partial charge >= 0.3 is 23.1 Å². The van der Waals surface area contributed by atoms with Crippen LogP contribution in [0.4, 0.5) is 0 Å². The van der Waals surface area contributed by atoms with E-state index in [0.29, 0.717) is 0 Å². The molecule has 0 saturated carbocycles. The fraction of sp³-hybridized carbons (Fsp3) is 0.0526. The number of benzene rings is 3. The summed E-state index contributed by atoms with van der Waals surface area (Å²) in [6.07, 6.45) is 0. The molecule has 0 bridgehead atoms. The van der Waals surface area contributed by atoms with Crippen LogP contribution in [0.3, 0.4) is 0 Å². The van der Waals surface area contributed by atoms with E-state index in [9.17, 15) is 0 Å². The molecule has 0 fully saturated rings. The molecule has 0 aromatic heterocycles. The molecule has 3 aromatic rings. The second-order valence-corrected chi connectivity index (χ2v) is 8.57. The second kappa shape index (κ2) is 8.83. The Bertz CT molecular complexity index is 585. The molecule has 22 heavy (non-hydrogen) atoms. The van der Waals surface area contributed by atoms with Gasteiger partial charge in [0.1, 0.15) is 23.2 Å². The summed E-state index contributed by atoms with van der Waals surface area (Å²) in [4.78, 5) is 0. The van der Waals surface area contributed by atoms with Crippen LogP contribution in [0, 0.1) is 0 Å². The summed E-state index contributed by atoms with van der Waals surface area (Å²) in [6, 6.07) is 32.6. The van der Waals surface area contributed by atoms with Crippen molar-refractivity contribution in [2.45, 2.75) is 0 Å². The molecule has 0 aliphatic heterocycles. The predicted octanol–water partition coefficient (Wildman–Crippen LogP) is 0.458. The SMILES string of the molecule is C[P+](c1ccccc1)(c1ccccc1)c1ccccc1.[Br-].[H-].[H-].[Mg+2]. The normalized spacial score (nSPS) is 10.2. The molecule has 0 spiro atoms. The largest absolute Gasteiger partial charge is 2.00 e. The van der Waals surface area contributed by atoms with Gasteiger partial charge in [0.25, 0.3) is 0 Å². The molecule has 0 aliphatic carbocycles. The third-order valence-corrected chi connectivity index (χ3v) is 7.81. The van der Waals surface area contributed by atoms with Crippen molar-refractivity contribution in [1.29, 1.82) is 0 Å². The van der Waals surface area contributed by atoms with Gasteiger partial charge in [0.05, 0.1) is 6.66 Å². The Hall–Kier alpha value is -0.664. The maximum atomic E-state index is 2.41. The Labute approximate surface area is 163 Å². The van der Waals surface area contributed by atoms with Gasteiger partial charge < -0.3 is 19.8 Å². The minimum absolute atomic E-state index is 0. The first-order valence-electron chi connectivity index (χ1n) is 6.85. The third kappa shape index (κ3) is 3.80. The standard InChI is InChI=1S/C19H18P.BrH.Mg.2H/c1-20(17-11-5-2-6-12-17,18-13-7-3-8-14-18)19-15-9-4-10-16-19;;;;/h2-16H,1H3;1H;;;/q+1;;+2;2*-1/p-1. The molecule has 0 unspecified atom stereocenters. The van der Waals surface area contributed by atoms with Crippen molar-refractivity contribution in [1.82, 2.24) is 0 Å². The van der Waals surface area contributed by atoms with Gasteiger partial charge in [-0.2, -0.15) is 0 Å². The summed E-state index contributed by atoms with van der Waals surface area (Å²) >= 11 is 0. The zero-order valence-electron chi connectivity index (χ0n) is 14.7. The molecule has 3 rings (SSSR count). The van der Waals surface area contributed by atoms with Crippen LogP contribution in [0.15, 0.2) is 91.0 Å². The van der Waals surface area contributed by atoms with Crippen molar-refractivity contribution in [3.63, 3.8) is 0 Å². The average Bonchev–Trinajstić information content (AvgIpc) is 2.56. The van der Waals surface area contributed by atoms with Gasteiger partial charge in [-0.05, 0) is 36.4 Å². The second-order valence-electron chi connectivity index (χ2n) is 5.01. The molecule has 0 heterocycles. The molecule has 0 N–H and O–H groups in total.